The number of aromatic nitrogens is 6. The molecule has 12 nitrogen and oxygen atoms in total. The summed E-state index contributed by atoms with van der Waals surface area (Å²) in [6.45, 7) is 3.42. The molecule has 4 unspecified atom stereocenters. The Labute approximate surface area is 219 Å². The zero-order valence-electron chi connectivity index (χ0n) is 21.4. The number of carbonyl (C=O) groups is 2. The van der Waals surface area contributed by atoms with Gasteiger partial charge in [0, 0.05) is 35.7 Å². The number of nitrogens with one attached hydrogen (secondary N) is 1. The van der Waals surface area contributed by atoms with Crippen LogP contribution in [0, 0.1) is 0 Å². The molecule has 0 aliphatic carbocycles. The summed E-state index contributed by atoms with van der Waals surface area (Å²) in [5.74, 6) is 0.138. The number of hydrogen-bond donors (Lipinski definition) is 3. The van der Waals surface area contributed by atoms with Gasteiger partial charge >= 0.3 is 0 Å². The van der Waals surface area contributed by atoms with Crippen molar-refractivity contribution < 1.29 is 14.7 Å². The van der Waals surface area contributed by atoms with E-state index < -0.39 is 6.10 Å². The second-order valence-electron chi connectivity index (χ2n) is 10.4. The third-order valence-electron chi connectivity index (χ3n) is 8.17. The van der Waals surface area contributed by atoms with Gasteiger partial charge in [-0.1, -0.05) is 13.0 Å². The fraction of sp³-hybridized carbons (Fsp3) is 0.500. The van der Waals surface area contributed by atoms with Crippen molar-refractivity contribution in [2.24, 2.45) is 4.99 Å². The molecule has 12 heteroatoms. The van der Waals surface area contributed by atoms with Crippen LogP contribution in [0.5, 0.6) is 0 Å². The highest BCUT2D eigenvalue weighted by atomic mass is 16.3. The number of allylic oxidation sites excluding steroid dienone is 1. The van der Waals surface area contributed by atoms with Gasteiger partial charge in [-0.05, 0) is 45.4 Å². The molecule has 0 saturated carbocycles. The Morgan fingerprint density at radius 2 is 2.03 bits per heavy atom. The van der Waals surface area contributed by atoms with Crippen LogP contribution < -0.4 is 5.73 Å². The molecule has 0 spiro atoms. The molecule has 3 aliphatic heterocycles. The van der Waals surface area contributed by atoms with Crippen LogP contribution in [0.4, 0.5) is 5.82 Å². The largest absolute Gasteiger partial charge is 0.387 e. The van der Waals surface area contributed by atoms with Crippen molar-refractivity contribution in [1.29, 1.82) is 0 Å². The van der Waals surface area contributed by atoms with Crippen LogP contribution >= 0.6 is 0 Å². The zero-order valence-corrected chi connectivity index (χ0v) is 21.4. The van der Waals surface area contributed by atoms with Gasteiger partial charge in [0.1, 0.15) is 12.1 Å². The van der Waals surface area contributed by atoms with Crippen molar-refractivity contribution in [1.82, 2.24) is 34.7 Å². The number of aliphatic imine (C=N–C) groups is 1. The van der Waals surface area contributed by atoms with E-state index >= 15 is 0 Å². The SMILES string of the molecule is CCC(O)C1=CCC(c2cnn3c(N)c(C(C)=O)c(C4CC5CCC(C4)N5C(=O)c4ncn[nH]4)nc23)C=N1. The molecule has 3 aliphatic rings. The molecule has 2 saturated heterocycles. The van der Waals surface area contributed by atoms with Crippen molar-refractivity contribution in [3.63, 3.8) is 0 Å². The summed E-state index contributed by atoms with van der Waals surface area (Å²) in [6, 6.07) is 0.0534. The number of carbonyl (C=O) groups excluding carboxylic acids is 2. The first-order chi connectivity index (χ1) is 18.4. The number of Topliss-reactive ketones (excluding diaryl/α,β-unsaturated/α-hetero) is 1. The van der Waals surface area contributed by atoms with Crippen LogP contribution in [0.1, 0.15) is 96.4 Å². The van der Waals surface area contributed by atoms with E-state index in [1.54, 1.807) is 10.7 Å². The highest BCUT2D eigenvalue weighted by Crippen LogP contribution is 2.45. The molecule has 2 fully saturated rings. The number of H-pyrrole nitrogens is 1. The predicted molar refractivity (Wildman–Crippen MR) is 139 cm³/mol. The molecule has 38 heavy (non-hydrogen) atoms. The van der Waals surface area contributed by atoms with Crippen LogP contribution in [-0.2, 0) is 0 Å². The number of aliphatic hydroxyl groups is 1. The summed E-state index contributed by atoms with van der Waals surface area (Å²) in [7, 11) is 0. The third kappa shape index (κ3) is 3.90. The number of nitrogens with two attached hydrogens (primary N) is 1. The highest BCUT2D eigenvalue weighted by Gasteiger charge is 2.45. The number of piperidine rings is 1. The van der Waals surface area contributed by atoms with E-state index in [1.807, 2.05) is 24.1 Å². The normalized spacial score (nSPS) is 25.6. The average Bonchev–Trinajstić information content (AvgIpc) is 3.66. The Hall–Kier alpha value is -3.93. The van der Waals surface area contributed by atoms with Crippen molar-refractivity contribution in [2.45, 2.75) is 82.4 Å². The van der Waals surface area contributed by atoms with E-state index in [9.17, 15) is 14.7 Å². The number of hydrogen-bond acceptors (Lipinski definition) is 9. The summed E-state index contributed by atoms with van der Waals surface area (Å²) in [5.41, 5.74) is 9.79. The van der Waals surface area contributed by atoms with Gasteiger partial charge < -0.3 is 15.7 Å². The number of anilines is 1. The van der Waals surface area contributed by atoms with Crippen molar-refractivity contribution >= 4 is 29.4 Å². The standard InChI is InChI=1S/C26H31N9O3/c1-3-20(37)19-7-4-14(10-28-19)18-11-31-35-23(27)21(13(2)36)22(32-25(18)35)15-8-16-5-6-17(9-15)34(16)26(38)24-29-12-30-33-24/h7,10-12,14-17,20,37H,3-6,8-9,27H2,1-2H3,(H,29,30,33). The van der Waals surface area contributed by atoms with Crippen LogP contribution in [0.3, 0.4) is 0 Å². The molecular weight excluding hydrogens is 486 g/mol. The smallest absolute Gasteiger partial charge is 0.291 e. The number of fused-ring (bicyclic) bond motifs is 3. The number of ketones is 1. The van der Waals surface area contributed by atoms with Crippen LogP contribution in [0.15, 0.2) is 29.3 Å². The molecule has 6 heterocycles. The van der Waals surface area contributed by atoms with Gasteiger partial charge in [0.15, 0.2) is 11.4 Å². The van der Waals surface area contributed by atoms with Gasteiger partial charge in [0.25, 0.3) is 5.91 Å². The Bertz CT molecular complexity index is 1440. The van der Waals surface area contributed by atoms with Gasteiger partial charge in [-0.2, -0.15) is 14.7 Å². The maximum absolute atomic E-state index is 13.1. The molecule has 198 valence electrons. The maximum atomic E-state index is 13.1. The lowest BCUT2D eigenvalue weighted by Gasteiger charge is -2.38. The van der Waals surface area contributed by atoms with Gasteiger partial charge in [-0.25, -0.2) is 9.97 Å². The second kappa shape index (κ2) is 9.43. The first-order valence-corrected chi connectivity index (χ1v) is 13.2. The number of rotatable bonds is 6. The topological polar surface area (TPSA) is 168 Å². The van der Waals surface area contributed by atoms with Gasteiger partial charge in [-0.3, -0.25) is 19.7 Å². The van der Waals surface area contributed by atoms with Gasteiger partial charge in [0.05, 0.1) is 29.3 Å². The lowest BCUT2D eigenvalue weighted by Crippen LogP contribution is -2.46. The average molecular weight is 518 g/mol. The molecule has 2 bridgehead atoms. The number of aromatic amines is 1. The van der Waals surface area contributed by atoms with E-state index in [2.05, 4.69) is 25.3 Å². The third-order valence-corrected chi connectivity index (χ3v) is 8.17. The number of aliphatic hydroxyl groups excluding tert-OH is 1. The van der Waals surface area contributed by atoms with E-state index in [4.69, 9.17) is 10.7 Å². The summed E-state index contributed by atoms with van der Waals surface area (Å²) < 4.78 is 1.54. The van der Waals surface area contributed by atoms with Crippen LogP contribution in [0.2, 0.25) is 0 Å². The molecule has 3 aromatic heterocycles. The van der Waals surface area contributed by atoms with Crippen molar-refractivity contribution in [3.8, 4) is 0 Å². The Kier molecular flexibility index (Phi) is 6.05. The molecule has 4 atom stereocenters. The minimum atomic E-state index is -0.577. The highest BCUT2D eigenvalue weighted by molar-refractivity contribution is 6.00. The summed E-state index contributed by atoms with van der Waals surface area (Å²) >= 11 is 0. The van der Waals surface area contributed by atoms with Crippen molar-refractivity contribution in [2.75, 3.05) is 5.73 Å². The Balaban J connectivity index is 1.34. The molecule has 3 aromatic rings. The quantitative estimate of drug-likeness (QED) is 0.419. The number of amides is 1. The van der Waals surface area contributed by atoms with Crippen LogP contribution in [-0.4, -0.2) is 75.9 Å². The molecule has 4 N–H and O–H groups in total. The Morgan fingerprint density at radius 1 is 1.26 bits per heavy atom. The number of nitrogens with zero attached hydrogens (tertiary/aromatic N) is 7. The fourth-order valence-corrected chi connectivity index (χ4v) is 6.31. The first-order valence-electron chi connectivity index (χ1n) is 13.2. The second-order valence-corrected chi connectivity index (χ2v) is 10.4. The van der Waals surface area contributed by atoms with Gasteiger partial charge in [0.2, 0.25) is 5.82 Å². The van der Waals surface area contributed by atoms with E-state index in [-0.39, 0.29) is 47.3 Å². The summed E-state index contributed by atoms with van der Waals surface area (Å²) in [6.07, 6.45) is 10.7. The number of nitrogen functional groups attached to an aromatic ring is 1. The van der Waals surface area contributed by atoms with E-state index in [0.29, 0.717) is 48.3 Å². The minimum absolute atomic E-state index is 0.0218. The first kappa shape index (κ1) is 24.4. The van der Waals surface area contributed by atoms with Crippen molar-refractivity contribution in [3.05, 3.63) is 46.9 Å². The molecule has 1 amide bonds. The maximum Gasteiger partial charge on any atom is 0.291 e. The van der Waals surface area contributed by atoms with Crippen LogP contribution in [0.25, 0.3) is 5.65 Å². The van der Waals surface area contributed by atoms with E-state index in [1.165, 1.54) is 13.3 Å². The zero-order chi connectivity index (χ0) is 26.6. The van der Waals surface area contributed by atoms with Gasteiger partial charge in [-0.15, -0.1) is 0 Å². The summed E-state index contributed by atoms with van der Waals surface area (Å²) in [5, 5.41) is 21.1. The molecule has 6 rings (SSSR count). The fourth-order valence-electron chi connectivity index (χ4n) is 6.31. The lowest BCUT2D eigenvalue weighted by atomic mass is 9.85. The Morgan fingerprint density at radius 3 is 2.63 bits per heavy atom. The minimum Gasteiger partial charge on any atom is -0.387 e. The molecular formula is C26H31N9O3. The lowest BCUT2D eigenvalue weighted by molar-refractivity contribution is 0.0556. The van der Waals surface area contributed by atoms with E-state index in [0.717, 1.165) is 18.4 Å². The monoisotopic (exact) mass is 517 g/mol. The molecule has 0 radical (unpaired) electrons. The summed E-state index contributed by atoms with van der Waals surface area (Å²) in [4.78, 5) is 41.4. The predicted octanol–water partition coefficient (Wildman–Crippen LogP) is 2.40. The molecule has 0 aromatic carbocycles.